The summed E-state index contributed by atoms with van der Waals surface area (Å²) in [5, 5.41) is 9.45. The fourth-order valence-corrected chi connectivity index (χ4v) is 7.38. The fraction of sp³-hybridized carbons (Fsp3) is 0.481. The Bertz CT molecular complexity index is 1030. The standard InChI is InChI=1S/C27H35NO3S/c1-21(2)24-8-10-26(11-9-24)32(30,31)28-16-13-25-18-22(14-17-29)12-15-27(25,20-28)19-23-6-4-3-5-7-23/h3-11,22,25,29H,1,12-20H2,2H3/t22-,25-,27-/m0/s1. The molecule has 0 radical (unpaired) electrons. The molecule has 4 nitrogen and oxygen atoms in total. The molecule has 1 heterocycles. The number of allylic oxidation sites excluding steroid dienone is 1. The molecule has 3 atom stereocenters. The van der Waals surface area contributed by atoms with Crippen LogP contribution >= 0.6 is 0 Å². The van der Waals surface area contributed by atoms with Gasteiger partial charge in [0.15, 0.2) is 0 Å². The second-order valence-electron chi connectivity index (χ2n) is 9.81. The van der Waals surface area contributed by atoms with Crippen LogP contribution in [0.15, 0.2) is 66.1 Å². The number of hydrogen-bond acceptors (Lipinski definition) is 3. The van der Waals surface area contributed by atoms with Gasteiger partial charge in [0.05, 0.1) is 4.90 Å². The molecular formula is C27H35NO3S. The van der Waals surface area contributed by atoms with Crippen LogP contribution in [0.3, 0.4) is 0 Å². The highest BCUT2D eigenvalue weighted by atomic mass is 32.2. The molecule has 0 amide bonds. The molecule has 0 aromatic heterocycles. The van der Waals surface area contributed by atoms with E-state index >= 15 is 0 Å². The summed E-state index contributed by atoms with van der Waals surface area (Å²) >= 11 is 0. The Morgan fingerprint density at radius 3 is 2.50 bits per heavy atom. The van der Waals surface area contributed by atoms with Crippen molar-refractivity contribution in [1.29, 1.82) is 0 Å². The van der Waals surface area contributed by atoms with Gasteiger partial charge in [0, 0.05) is 19.7 Å². The van der Waals surface area contributed by atoms with Gasteiger partial charge in [-0.3, -0.25) is 0 Å². The molecule has 2 aromatic rings. The van der Waals surface area contributed by atoms with Crippen LogP contribution in [0.2, 0.25) is 0 Å². The molecule has 1 aliphatic carbocycles. The summed E-state index contributed by atoms with van der Waals surface area (Å²) in [5.41, 5.74) is 3.13. The number of aliphatic hydroxyl groups is 1. The lowest BCUT2D eigenvalue weighted by Crippen LogP contribution is -2.54. The Hall–Kier alpha value is -1.95. The van der Waals surface area contributed by atoms with Gasteiger partial charge < -0.3 is 5.11 Å². The summed E-state index contributed by atoms with van der Waals surface area (Å²) in [6, 6.07) is 17.6. The van der Waals surface area contributed by atoms with E-state index in [1.54, 1.807) is 16.4 Å². The normalized spacial score (nSPS) is 26.4. The van der Waals surface area contributed by atoms with Crippen molar-refractivity contribution in [3.05, 3.63) is 72.3 Å². The van der Waals surface area contributed by atoms with E-state index in [2.05, 4.69) is 30.8 Å². The maximum atomic E-state index is 13.6. The molecule has 2 fully saturated rings. The molecule has 1 aliphatic heterocycles. The van der Waals surface area contributed by atoms with E-state index in [9.17, 15) is 13.5 Å². The third-order valence-electron chi connectivity index (χ3n) is 7.67. The lowest BCUT2D eigenvalue weighted by atomic mass is 9.58. The van der Waals surface area contributed by atoms with Crippen LogP contribution in [-0.2, 0) is 16.4 Å². The van der Waals surface area contributed by atoms with Crippen molar-refractivity contribution in [2.24, 2.45) is 17.3 Å². The molecule has 5 heteroatoms. The van der Waals surface area contributed by atoms with Gasteiger partial charge in [0.1, 0.15) is 0 Å². The van der Waals surface area contributed by atoms with Gasteiger partial charge in [0.2, 0.25) is 10.0 Å². The van der Waals surface area contributed by atoms with Crippen molar-refractivity contribution in [3.8, 4) is 0 Å². The Morgan fingerprint density at radius 1 is 1.12 bits per heavy atom. The summed E-state index contributed by atoms with van der Waals surface area (Å²) in [6.45, 7) is 7.25. The van der Waals surface area contributed by atoms with Crippen LogP contribution in [0.4, 0.5) is 0 Å². The summed E-state index contributed by atoms with van der Waals surface area (Å²) in [7, 11) is -3.55. The van der Waals surface area contributed by atoms with E-state index in [-0.39, 0.29) is 12.0 Å². The molecule has 0 unspecified atom stereocenters. The number of fused-ring (bicyclic) bond motifs is 1. The third-order valence-corrected chi connectivity index (χ3v) is 9.53. The Morgan fingerprint density at radius 2 is 1.84 bits per heavy atom. The summed E-state index contributed by atoms with van der Waals surface area (Å²) in [5.74, 6) is 1.04. The SMILES string of the molecule is C=C(C)c1ccc(S(=O)(=O)N2CC[C@H]3C[C@H](CCO)CC[C@]3(Cc3ccccc3)C2)cc1. The molecule has 4 rings (SSSR count). The molecule has 0 spiro atoms. The number of rotatable bonds is 7. The van der Waals surface area contributed by atoms with Crippen molar-refractivity contribution in [2.75, 3.05) is 19.7 Å². The van der Waals surface area contributed by atoms with Gasteiger partial charge in [-0.15, -0.1) is 0 Å². The van der Waals surface area contributed by atoms with Crippen LogP contribution in [0.5, 0.6) is 0 Å². The number of sulfonamides is 1. The summed E-state index contributed by atoms with van der Waals surface area (Å²) < 4.78 is 28.9. The van der Waals surface area contributed by atoms with Crippen molar-refractivity contribution < 1.29 is 13.5 Å². The maximum absolute atomic E-state index is 13.6. The van der Waals surface area contributed by atoms with Crippen molar-refractivity contribution in [1.82, 2.24) is 4.31 Å². The van der Waals surface area contributed by atoms with Crippen LogP contribution in [0.25, 0.3) is 5.57 Å². The molecule has 2 aromatic carbocycles. The highest BCUT2D eigenvalue weighted by molar-refractivity contribution is 7.89. The number of hydrogen-bond donors (Lipinski definition) is 1. The number of benzene rings is 2. The minimum absolute atomic E-state index is 0.0454. The van der Waals surface area contributed by atoms with Gasteiger partial charge in [-0.2, -0.15) is 4.31 Å². The first-order valence-corrected chi connectivity index (χ1v) is 13.2. The molecule has 1 N–H and O–H groups in total. The van der Waals surface area contributed by atoms with Crippen LogP contribution < -0.4 is 0 Å². The van der Waals surface area contributed by atoms with E-state index in [1.165, 1.54) is 5.56 Å². The molecule has 0 bridgehead atoms. The zero-order valence-electron chi connectivity index (χ0n) is 19.0. The fourth-order valence-electron chi connectivity index (χ4n) is 5.83. The second kappa shape index (κ2) is 9.50. The zero-order valence-corrected chi connectivity index (χ0v) is 19.9. The van der Waals surface area contributed by atoms with Gasteiger partial charge in [-0.25, -0.2) is 8.42 Å². The molecule has 32 heavy (non-hydrogen) atoms. The number of nitrogens with zero attached hydrogens (tertiary/aromatic N) is 1. The monoisotopic (exact) mass is 453 g/mol. The van der Waals surface area contributed by atoms with E-state index in [0.717, 1.165) is 49.7 Å². The summed E-state index contributed by atoms with van der Waals surface area (Å²) in [6.07, 6.45) is 5.81. The van der Waals surface area contributed by atoms with Crippen molar-refractivity contribution >= 4 is 15.6 Å². The first kappa shape index (κ1) is 23.2. The number of piperidine rings is 1. The van der Waals surface area contributed by atoms with Crippen molar-refractivity contribution in [2.45, 2.75) is 50.3 Å². The highest BCUT2D eigenvalue weighted by Crippen LogP contribution is 2.51. The average Bonchev–Trinajstić information content (AvgIpc) is 2.80. The first-order chi connectivity index (χ1) is 15.3. The minimum Gasteiger partial charge on any atom is -0.396 e. The van der Waals surface area contributed by atoms with Crippen LogP contribution in [-0.4, -0.2) is 37.5 Å². The second-order valence-corrected chi connectivity index (χ2v) is 11.7. The Balaban J connectivity index is 1.61. The maximum Gasteiger partial charge on any atom is 0.243 e. The molecule has 2 aliphatic rings. The van der Waals surface area contributed by atoms with Crippen LogP contribution in [0, 0.1) is 17.3 Å². The van der Waals surface area contributed by atoms with E-state index in [4.69, 9.17) is 0 Å². The predicted octanol–water partition coefficient (Wildman–Crippen LogP) is 5.14. The van der Waals surface area contributed by atoms with Gasteiger partial charge in [-0.05, 0) is 86.0 Å². The average molecular weight is 454 g/mol. The van der Waals surface area contributed by atoms with Gasteiger partial charge in [-0.1, -0.05) is 54.6 Å². The quantitative estimate of drug-likeness (QED) is 0.631. The molecule has 1 saturated carbocycles. The summed E-state index contributed by atoms with van der Waals surface area (Å²) in [4.78, 5) is 0.366. The van der Waals surface area contributed by atoms with Crippen LogP contribution in [0.1, 0.15) is 50.2 Å². The minimum atomic E-state index is -3.55. The van der Waals surface area contributed by atoms with E-state index in [1.807, 2.05) is 25.1 Å². The first-order valence-electron chi connectivity index (χ1n) is 11.7. The van der Waals surface area contributed by atoms with Gasteiger partial charge >= 0.3 is 0 Å². The number of aliphatic hydroxyl groups excluding tert-OH is 1. The largest absolute Gasteiger partial charge is 0.396 e. The molecular weight excluding hydrogens is 418 g/mol. The lowest BCUT2D eigenvalue weighted by Gasteiger charge is -2.52. The van der Waals surface area contributed by atoms with E-state index < -0.39 is 10.0 Å². The predicted molar refractivity (Wildman–Crippen MR) is 130 cm³/mol. The Labute approximate surface area is 193 Å². The van der Waals surface area contributed by atoms with Gasteiger partial charge in [0.25, 0.3) is 0 Å². The van der Waals surface area contributed by atoms with E-state index in [0.29, 0.717) is 29.8 Å². The third kappa shape index (κ3) is 4.70. The Kier molecular flexibility index (Phi) is 6.89. The lowest BCUT2D eigenvalue weighted by molar-refractivity contribution is -0.000205. The van der Waals surface area contributed by atoms with Crippen molar-refractivity contribution in [3.63, 3.8) is 0 Å². The zero-order chi connectivity index (χ0) is 22.8. The smallest absolute Gasteiger partial charge is 0.243 e. The molecule has 172 valence electrons. The topological polar surface area (TPSA) is 57.6 Å². The highest BCUT2D eigenvalue weighted by Gasteiger charge is 2.49. The molecule has 1 saturated heterocycles.